The van der Waals surface area contributed by atoms with E-state index in [4.69, 9.17) is 9.47 Å². The molecule has 2 aliphatic rings. The first-order chi connectivity index (χ1) is 5.41. The van der Waals surface area contributed by atoms with Gasteiger partial charge in [-0.25, -0.2) is 0 Å². The molecule has 2 aliphatic heterocycles. The van der Waals surface area contributed by atoms with Crippen molar-refractivity contribution in [3.8, 4) is 0 Å². The molecule has 11 heavy (non-hydrogen) atoms. The van der Waals surface area contributed by atoms with Gasteiger partial charge >= 0.3 is 0 Å². The summed E-state index contributed by atoms with van der Waals surface area (Å²) in [5.41, 5.74) is 0.394. The highest BCUT2D eigenvalue weighted by Gasteiger charge is 2.38. The van der Waals surface area contributed by atoms with E-state index in [1.54, 1.807) is 0 Å². The van der Waals surface area contributed by atoms with Crippen LogP contribution in [0.25, 0.3) is 0 Å². The molecule has 1 spiro atoms. The van der Waals surface area contributed by atoms with E-state index in [2.05, 4.69) is 0 Å². The molecular formula is C8H14O2S. The quantitative estimate of drug-likeness (QED) is 0.549. The normalized spacial score (nSPS) is 30.5. The third kappa shape index (κ3) is 1.71. The van der Waals surface area contributed by atoms with Gasteiger partial charge in [0, 0.05) is 30.1 Å². The van der Waals surface area contributed by atoms with Crippen LogP contribution >= 0.6 is 11.8 Å². The number of hydrogen-bond donors (Lipinski definition) is 0. The smallest absolute Gasteiger partial charge is 0.0560 e. The Morgan fingerprint density at radius 1 is 1.00 bits per heavy atom. The first kappa shape index (κ1) is 7.90. The number of thioether (sulfide) groups is 1. The van der Waals surface area contributed by atoms with Crippen LogP contribution in [0.5, 0.6) is 0 Å². The summed E-state index contributed by atoms with van der Waals surface area (Å²) in [4.78, 5) is 0. The fraction of sp³-hybridized carbons (Fsp3) is 1.00. The highest BCUT2D eigenvalue weighted by molar-refractivity contribution is 8.00. The lowest BCUT2D eigenvalue weighted by Crippen LogP contribution is -2.45. The lowest BCUT2D eigenvalue weighted by Gasteiger charge is -2.41. The van der Waals surface area contributed by atoms with Gasteiger partial charge in [-0.2, -0.15) is 11.8 Å². The standard InChI is InChI=1S/C8H14O2S/c1-2-9-4-8(5-10-3-1)6-11-7-8/h1-7H2. The van der Waals surface area contributed by atoms with Crippen LogP contribution in [0.4, 0.5) is 0 Å². The zero-order valence-electron chi connectivity index (χ0n) is 6.67. The van der Waals surface area contributed by atoms with Crippen molar-refractivity contribution in [3.63, 3.8) is 0 Å². The summed E-state index contributed by atoms with van der Waals surface area (Å²) >= 11 is 2.00. The minimum atomic E-state index is 0.394. The summed E-state index contributed by atoms with van der Waals surface area (Å²) in [6, 6.07) is 0. The third-order valence-corrected chi connectivity index (χ3v) is 3.84. The molecule has 3 heteroatoms. The predicted octanol–water partition coefficient (Wildman–Crippen LogP) is 1.16. The largest absolute Gasteiger partial charge is 0.381 e. The number of rotatable bonds is 0. The monoisotopic (exact) mass is 174 g/mol. The Morgan fingerprint density at radius 3 is 2.09 bits per heavy atom. The van der Waals surface area contributed by atoms with Gasteiger partial charge in [-0.15, -0.1) is 0 Å². The van der Waals surface area contributed by atoms with Crippen LogP contribution < -0.4 is 0 Å². The molecule has 2 nitrogen and oxygen atoms in total. The van der Waals surface area contributed by atoms with E-state index in [1.165, 1.54) is 11.5 Å². The minimum Gasteiger partial charge on any atom is -0.381 e. The molecular weight excluding hydrogens is 160 g/mol. The van der Waals surface area contributed by atoms with E-state index in [-0.39, 0.29) is 0 Å². The van der Waals surface area contributed by atoms with Gasteiger partial charge in [0.1, 0.15) is 0 Å². The van der Waals surface area contributed by atoms with Crippen LogP contribution in [0.1, 0.15) is 6.42 Å². The molecule has 2 fully saturated rings. The SMILES string of the molecule is C1COCC2(COC1)CSC2. The van der Waals surface area contributed by atoms with Crippen molar-refractivity contribution in [2.45, 2.75) is 6.42 Å². The summed E-state index contributed by atoms with van der Waals surface area (Å²) in [5, 5.41) is 0. The van der Waals surface area contributed by atoms with E-state index in [9.17, 15) is 0 Å². The first-order valence-electron chi connectivity index (χ1n) is 4.15. The second-order valence-corrected chi connectivity index (χ2v) is 4.44. The summed E-state index contributed by atoms with van der Waals surface area (Å²) in [5.74, 6) is 2.46. The van der Waals surface area contributed by atoms with Gasteiger partial charge in [0.25, 0.3) is 0 Å². The lowest BCUT2D eigenvalue weighted by molar-refractivity contribution is -0.0374. The molecule has 0 atom stereocenters. The van der Waals surface area contributed by atoms with Crippen molar-refractivity contribution in [1.29, 1.82) is 0 Å². The molecule has 0 amide bonds. The van der Waals surface area contributed by atoms with E-state index >= 15 is 0 Å². The average Bonchev–Trinajstić information content (AvgIpc) is 1.82. The molecule has 64 valence electrons. The predicted molar refractivity (Wildman–Crippen MR) is 46.0 cm³/mol. The molecule has 0 saturated carbocycles. The van der Waals surface area contributed by atoms with Gasteiger partial charge in [0.05, 0.1) is 13.2 Å². The van der Waals surface area contributed by atoms with Crippen LogP contribution in [0.2, 0.25) is 0 Å². The summed E-state index contributed by atoms with van der Waals surface area (Å²) in [6.45, 7) is 3.60. The zero-order valence-corrected chi connectivity index (χ0v) is 7.49. The van der Waals surface area contributed by atoms with Gasteiger partial charge in [-0.1, -0.05) is 0 Å². The van der Waals surface area contributed by atoms with Crippen LogP contribution in [0.15, 0.2) is 0 Å². The summed E-state index contributed by atoms with van der Waals surface area (Å²) < 4.78 is 11.1. The van der Waals surface area contributed by atoms with Crippen LogP contribution in [0, 0.1) is 5.41 Å². The Hall–Kier alpha value is 0.270. The molecule has 0 radical (unpaired) electrons. The lowest BCUT2D eigenvalue weighted by atomic mass is 9.94. The average molecular weight is 174 g/mol. The molecule has 0 aromatic heterocycles. The Kier molecular flexibility index (Phi) is 2.39. The van der Waals surface area contributed by atoms with Crippen molar-refractivity contribution >= 4 is 11.8 Å². The summed E-state index contributed by atoms with van der Waals surface area (Å²) in [7, 11) is 0. The molecule has 0 aromatic rings. The Labute approximate surface area is 71.6 Å². The van der Waals surface area contributed by atoms with Gasteiger partial charge in [0.15, 0.2) is 0 Å². The Balaban J connectivity index is 1.86. The fourth-order valence-corrected chi connectivity index (χ4v) is 2.55. The molecule has 0 aromatic carbocycles. The van der Waals surface area contributed by atoms with Crippen LogP contribution in [-0.4, -0.2) is 37.9 Å². The van der Waals surface area contributed by atoms with Crippen LogP contribution in [0.3, 0.4) is 0 Å². The van der Waals surface area contributed by atoms with Crippen molar-refractivity contribution in [2.75, 3.05) is 37.9 Å². The highest BCUT2D eigenvalue weighted by Crippen LogP contribution is 2.38. The van der Waals surface area contributed by atoms with Gasteiger partial charge < -0.3 is 9.47 Å². The van der Waals surface area contributed by atoms with Crippen molar-refractivity contribution in [1.82, 2.24) is 0 Å². The van der Waals surface area contributed by atoms with E-state index in [1.807, 2.05) is 11.8 Å². The minimum absolute atomic E-state index is 0.394. The first-order valence-corrected chi connectivity index (χ1v) is 5.30. The molecule has 2 saturated heterocycles. The van der Waals surface area contributed by atoms with E-state index in [0.717, 1.165) is 32.8 Å². The maximum absolute atomic E-state index is 5.54. The topological polar surface area (TPSA) is 18.5 Å². The van der Waals surface area contributed by atoms with Crippen molar-refractivity contribution in [3.05, 3.63) is 0 Å². The van der Waals surface area contributed by atoms with E-state index in [0.29, 0.717) is 5.41 Å². The van der Waals surface area contributed by atoms with Gasteiger partial charge in [-0.05, 0) is 6.42 Å². The molecule has 2 heterocycles. The molecule has 0 bridgehead atoms. The molecule has 0 N–H and O–H groups in total. The fourth-order valence-electron chi connectivity index (χ4n) is 1.44. The number of hydrogen-bond acceptors (Lipinski definition) is 3. The summed E-state index contributed by atoms with van der Waals surface area (Å²) in [6.07, 6.45) is 1.06. The molecule has 2 rings (SSSR count). The maximum atomic E-state index is 5.54. The van der Waals surface area contributed by atoms with Crippen molar-refractivity contribution < 1.29 is 9.47 Å². The van der Waals surface area contributed by atoms with Gasteiger partial charge in [-0.3, -0.25) is 0 Å². The Morgan fingerprint density at radius 2 is 1.64 bits per heavy atom. The molecule has 0 unspecified atom stereocenters. The van der Waals surface area contributed by atoms with E-state index < -0.39 is 0 Å². The molecule has 0 aliphatic carbocycles. The number of ether oxygens (including phenoxy) is 2. The van der Waals surface area contributed by atoms with Crippen molar-refractivity contribution in [2.24, 2.45) is 5.41 Å². The van der Waals surface area contributed by atoms with Gasteiger partial charge in [0.2, 0.25) is 0 Å². The maximum Gasteiger partial charge on any atom is 0.0560 e. The third-order valence-electron chi connectivity index (χ3n) is 2.21. The zero-order chi connectivity index (χ0) is 7.57. The van der Waals surface area contributed by atoms with Crippen LogP contribution in [-0.2, 0) is 9.47 Å². The second-order valence-electron chi connectivity index (χ2n) is 3.45. The highest BCUT2D eigenvalue weighted by atomic mass is 32.2. The Bertz CT molecular complexity index is 124. The second kappa shape index (κ2) is 3.33.